The predicted octanol–water partition coefficient (Wildman–Crippen LogP) is 0.990. The van der Waals surface area contributed by atoms with Crippen LogP contribution in [0.5, 0.6) is 0 Å². The summed E-state index contributed by atoms with van der Waals surface area (Å²) < 4.78 is 0. The Labute approximate surface area is 84.4 Å². The Kier molecular flexibility index (Phi) is 2.73. The number of hydrogen-bond donors (Lipinski definition) is 2. The minimum atomic E-state index is -0.262. The molecule has 1 atom stereocenters. The van der Waals surface area contributed by atoms with Gasteiger partial charge in [-0.15, -0.1) is 0 Å². The van der Waals surface area contributed by atoms with Gasteiger partial charge in [-0.1, -0.05) is 13.8 Å². The number of nitrogens with two attached hydrogens (primary N) is 1. The van der Waals surface area contributed by atoms with E-state index in [2.05, 4.69) is 0 Å². The molecule has 0 radical (unpaired) electrons. The third-order valence-corrected chi connectivity index (χ3v) is 2.51. The van der Waals surface area contributed by atoms with Crippen LogP contribution in [0.3, 0.4) is 0 Å². The second kappa shape index (κ2) is 3.52. The highest BCUT2D eigenvalue weighted by Crippen LogP contribution is 2.28. The molecule has 1 unspecified atom stereocenters. The van der Waals surface area contributed by atoms with Gasteiger partial charge < -0.3 is 15.7 Å². The lowest BCUT2D eigenvalue weighted by Gasteiger charge is -2.31. The maximum absolute atomic E-state index is 11.7. The fraction of sp³-hybridized carbons (Fsp3) is 0.700. The molecule has 80 valence electrons. The molecule has 1 rings (SSSR count). The molecule has 4 heteroatoms. The normalized spacial score (nSPS) is 23.1. The van der Waals surface area contributed by atoms with Gasteiger partial charge in [0.15, 0.2) is 0 Å². The lowest BCUT2D eigenvalue weighted by molar-refractivity contribution is -0.129. The van der Waals surface area contributed by atoms with E-state index in [1.54, 1.807) is 4.90 Å². The summed E-state index contributed by atoms with van der Waals surface area (Å²) in [6, 6.07) is -0.208. The van der Waals surface area contributed by atoms with Crippen LogP contribution in [-0.4, -0.2) is 28.0 Å². The van der Waals surface area contributed by atoms with Crippen molar-refractivity contribution in [1.29, 1.82) is 0 Å². The van der Waals surface area contributed by atoms with Gasteiger partial charge in [-0.3, -0.25) is 4.79 Å². The van der Waals surface area contributed by atoms with Gasteiger partial charge in [0.05, 0.1) is 6.04 Å². The number of aliphatic hydroxyl groups excluding tert-OH is 1. The first-order chi connectivity index (χ1) is 6.37. The zero-order chi connectivity index (χ0) is 11.0. The minimum Gasteiger partial charge on any atom is -0.508 e. The van der Waals surface area contributed by atoms with Crippen molar-refractivity contribution in [1.82, 2.24) is 4.90 Å². The summed E-state index contributed by atoms with van der Waals surface area (Å²) in [5.41, 5.74) is 5.51. The van der Waals surface area contributed by atoms with Crippen molar-refractivity contribution < 1.29 is 9.90 Å². The molecule has 0 saturated heterocycles. The molecule has 3 N–H and O–H groups in total. The molecule has 1 aliphatic rings. The zero-order valence-corrected chi connectivity index (χ0v) is 9.11. The smallest absolute Gasteiger partial charge is 0.274 e. The predicted molar refractivity (Wildman–Crippen MR) is 54.5 cm³/mol. The van der Waals surface area contributed by atoms with Gasteiger partial charge in [-0.05, 0) is 19.8 Å². The Hall–Kier alpha value is -1.19. The molecule has 0 fully saturated rings. The number of hydrogen-bond acceptors (Lipinski definition) is 3. The third kappa shape index (κ3) is 1.45. The molecule has 1 aliphatic heterocycles. The van der Waals surface area contributed by atoms with Crippen molar-refractivity contribution in [2.75, 3.05) is 0 Å². The first kappa shape index (κ1) is 10.9. The number of amides is 1. The summed E-state index contributed by atoms with van der Waals surface area (Å²) in [4.78, 5) is 13.3. The summed E-state index contributed by atoms with van der Waals surface area (Å²) in [5, 5.41) is 9.71. The van der Waals surface area contributed by atoms with E-state index in [0.29, 0.717) is 0 Å². The molecule has 0 aromatic heterocycles. The zero-order valence-electron chi connectivity index (χ0n) is 9.11. The Balaban J connectivity index is 3.06. The maximum atomic E-state index is 11.7. The highest BCUT2D eigenvalue weighted by molar-refractivity contribution is 5.96. The highest BCUT2D eigenvalue weighted by Gasteiger charge is 2.41. The van der Waals surface area contributed by atoms with Crippen molar-refractivity contribution in [2.24, 2.45) is 11.7 Å². The van der Waals surface area contributed by atoms with Gasteiger partial charge in [-0.25, -0.2) is 0 Å². The van der Waals surface area contributed by atoms with Gasteiger partial charge in [-0.2, -0.15) is 0 Å². The molecule has 0 aromatic rings. The summed E-state index contributed by atoms with van der Waals surface area (Å²) >= 11 is 0. The maximum Gasteiger partial charge on any atom is 0.274 e. The molecule has 1 heterocycles. The van der Waals surface area contributed by atoms with E-state index in [1.165, 1.54) is 0 Å². The molecule has 0 bridgehead atoms. The molecule has 0 spiro atoms. The fourth-order valence-electron chi connectivity index (χ4n) is 1.86. The molecule has 0 aromatic carbocycles. The molecular formula is C10H18N2O2. The van der Waals surface area contributed by atoms with Crippen LogP contribution in [0.2, 0.25) is 0 Å². The SMILES string of the molecule is CC(C)C1C(O)=C(N)C(=O)N1C(C)C. The lowest BCUT2D eigenvalue weighted by Crippen LogP contribution is -2.43. The van der Waals surface area contributed by atoms with Crippen LogP contribution in [-0.2, 0) is 4.79 Å². The molecule has 0 aliphatic carbocycles. The number of aliphatic hydroxyl groups is 1. The van der Waals surface area contributed by atoms with Crippen molar-refractivity contribution in [3.8, 4) is 0 Å². The Bertz CT molecular complexity index is 282. The monoisotopic (exact) mass is 198 g/mol. The van der Waals surface area contributed by atoms with Gasteiger partial charge in [0.1, 0.15) is 11.5 Å². The standard InChI is InChI=1S/C10H18N2O2/c1-5(2)8-9(13)7(11)10(14)12(8)6(3)4/h5-6,8,13H,11H2,1-4H3. The fourth-order valence-corrected chi connectivity index (χ4v) is 1.86. The number of carbonyl (C=O) groups is 1. The van der Waals surface area contributed by atoms with Crippen LogP contribution in [0.1, 0.15) is 27.7 Å². The largest absolute Gasteiger partial charge is 0.508 e. The van der Waals surface area contributed by atoms with Crippen molar-refractivity contribution in [3.63, 3.8) is 0 Å². The molecule has 14 heavy (non-hydrogen) atoms. The van der Waals surface area contributed by atoms with E-state index in [-0.39, 0.29) is 35.4 Å². The van der Waals surface area contributed by atoms with Crippen LogP contribution in [0.15, 0.2) is 11.5 Å². The van der Waals surface area contributed by atoms with Gasteiger partial charge >= 0.3 is 0 Å². The second-order valence-electron chi connectivity index (χ2n) is 4.29. The van der Waals surface area contributed by atoms with E-state index in [0.717, 1.165) is 0 Å². The number of nitrogens with zero attached hydrogens (tertiary/aromatic N) is 1. The lowest BCUT2D eigenvalue weighted by atomic mass is 10.0. The number of rotatable bonds is 2. The average molecular weight is 198 g/mol. The van der Waals surface area contributed by atoms with E-state index < -0.39 is 0 Å². The summed E-state index contributed by atoms with van der Waals surface area (Å²) in [7, 11) is 0. The quantitative estimate of drug-likeness (QED) is 0.695. The molecule has 4 nitrogen and oxygen atoms in total. The van der Waals surface area contributed by atoms with Crippen LogP contribution >= 0.6 is 0 Å². The van der Waals surface area contributed by atoms with Gasteiger partial charge in [0, 0.05) is 6.04 Å². The average Bonchev–Trinajstić information content (AvgIpc) is 2.29. The third-order valence-electron chi connectivity index (χ3n) is 2.51. The van der Waals surface area contributed by atoms with Gasteiger partial charge in [0.25, 0.3) is 5.91 Å². The summed E-state index contributed by atoms with van der Waals surface area (Å²) in [6.07, 6.45) is 0. The van der Waals surface area contributed by atoms with Gasteiger partial charge in [0.2, 0.25) is 0 Å². The van der Waals surface area contributed by atoms with E-state index in [9.17, 15) is 9.90 Å². The topological polar surface area (TPSA) is 66.6 Å². The summed E-state index contributed by atoms with van der Waals surface area (Å²) in [5.74, 6) is -0.0581. The van der Waals surface area contributed by atoms with Crippen molar-refractivity contribution in [2.45, 2.75) is 39.8 Å². The van der Waals surface area contributed by atoms with Crippen molar-refractivity contribution in [3.05, 3.63) is 11.5 Å². The second-order valence-corrected chi connectivity index (χ2v) is 4.29. The van der Waals surface area contributed by atoms with Crippen LogP contribution in [0, 0.1) is 5.92 Å². The number of carbonyl (C=O) groups excluding carboxylic acids is 1. The Morgan fingerprint density at radius 1 is 1.36 bits per heavy atom. The van der Waals surface area contributed by atoms with E-state index >= 15 is 0 Å². The van der Waals surface area contributed by atoms with Crippen LogP contribution in [0.25, 0.3) is 0 Å². The Morgan fingerprint density at radius 2 is 1.86 bits per heavy atom. The van der Waals surface area contributed by atoms with E-state index in [4.69, 9.17) is 5.73 Å². The van der Waals surface area contributed by atoms with Crippen molar-refractivity contribution >= 4 is 5.91 Å². The molecule has 0 saturated carbocycles. The van der Waals surface area contributed by atoms with Crippen LogP contribution < -0.4 is 5.73 Å². The molecule has 1 amide bonds. The summed E-state index contributed by atoms with van der Waals surface area (Å²) in [6.45, 7) is 7.75. The first-order valence-corrected chi connectivity index (χ1v) is 4.89. The minimum absolute atomic E-state index is 0.00241. The first-order valence-electron chi connectivity index (χ1n) is 4.89. The molecular weight excluding hydrogens is 180 g/mol. The highest BCUT2D eigenvalue weighted by atomic mass is 16.3. The Morgan fingerprint density at radius 3 is 2.14 bits per heavy atom. The van der Waals surface area contributed by atoms with E-state index in [1.807, 2.05) is 27.7 Å². The van der Waals surface area contributed by atoms with Crippen LogP contribution in [0.4, 0.5) is 0 Å².